The maximum absolute atomic E-state index is 13.2. The van der Waals surface area contributed by atoms with Gasteiger partial charge in [0.2, 0.25) is 5.78 Å². The van der Waals surface area contributed by atoms with Gasteiger partial charge in [-0.15, -0.1) is 32.9 Å². The largest absolute Gasteiger partial charge is 0.462 e. The minimum atomic E-state index is -0.460. The van der Waals surface area contributed by atoms with Crippen LogP contribution in [-0.4, -0.2) is 41.3 Å². The maximum atomic E-state index is 13.2. The van der Waals surface area contributed by atoms with Gasteiger partial charge in [0.1, 0.15) is 14.4 Å². The highest BCUT2D eigenvalue weighted by molar-refractivity contribution is 7.20. The molecule has 0 aliphatic rings. The van der Waals surface area contributed by atoms with Crippen molar-refractivity contribution < 1.29 is 9.53 Å². The molecule has 0 saturated carbocycles. The zero-order valence-corrected chi connectivity index (χ0v) is 18.4. The number of thiophene rings is 2. The first-order valence-electron chi connectivity index (χ1n) is 9.38. The summed E-state index contributed by atoms with van der Waals surface area (Å²) in [4.78, 5) is 43.1. The zero-order valence-electron chi connectivity index (χ0n) is 16.8. The number of carbonyl (C=O) groups is 1. The smallest absolute Gasteiger partial charge is 0.348 e. The summed E-state index contributed by atoms with van der Waals surface area (Å²) in [5, 5.41) is 10.6. The van der Waals surface area contributed by atoms with Gasteiger partial charge in [-0.2, -0.15) is 0 Å². The fourth-order valence-corrected chi connectivity index (χ4v) is 5.45. The molecule has 5 aromatic rings. The second-order valence-electron chi connectivity index (χ2n) is 6.89. The van der Waals surface area contributed by atoms with Gasteiger partial charge in [-0.1, -0.05) is 0 Å². The molecule has 0 bridgehead atoms. The number of fused-ring (bicyclic) bond motifs is 4. The monoisotopic (exact) mass is 456 g/mol. The first-order chi connectivity index (χ1) is 14.9. The van der Waals surface area contributed by atoms with Crippen LogP contribution in [0.15, 0.2) is 27.4 Å². The van der Waals surface area contributed by atoms with Gasteiger partial charge >= 0.3 is 5.97 Å². The number of carbonyl (C=O) groups excluding carboxylic acids is 1. The Morgan fingerprint density at radius 2 is 2.03 bits per heavy atom. The first kappa shape index (κ1) is 19.6. The standard InChI is InChI=1S/C19H16N6O4S2/c1-4-29-18(28)13-9(2)12-15(31-13)20-8-24(16(12)26)7-11-21-22-19-23(3)17(27)14-10(25(11)19)5-6-30-14/h5-6,8H,4,7H2,1-3H3. The molecule has 5 rings (SSSR count). The van der Waals surface area contributed by atoms with E-state index in [0.717, 1.165) is 11.3 Å². The number of hydrogen-bond donors (Lipinski definition) is 0. The van der Waals surface area contributed by atoms with E-state index in [9.17, 15) is 14.4 Å². The van der Waals surface area contributed by atoms with Crippen molar-refractivity contribution in [2.75, 3.05) is 6.61 Å². The van der Waals surface area contributed by atoms with Crippen LogP contribution < -0.4 is 11.1 Å². The lowest BCUT2D eigenvalue weighted by atomic mass is 10.2. The van der Waals surface area contributed by atoms with E-state index in [4.69, 9.17) is 4.74 Å². The fourth-order valence-electron chi connectivity index (χ4n) is 3.57. The summed E-state index contributed by atoms with van der Waals surface area (Å²) in [6.07, 6.45) is 1.43. The Balaban J connectivity index is 1.67. The van der Waals surface area contributed by atoms with Crippen molar-refractivity contribution in [3.8, 4) is 0 Å². The average Bonchev–Trinajstić information content (AvgIpc) is 3.46. The predicted octanol–water partition coefficient (Wildman–Crippen LogP) is 1.95. The van der Waals surface area contributed by atoms with Crippen LogP contribution in [0.1, 0.15) is 28.0 Å². The molecule has 0 spiro atoms. The van der Waals surface area contributed by atoms with Crippen LogP contribution in [0.5, 0.6) is 0 Å². The molecular formula is C19H16N6O4S2. The third-order valence-corrected chi connectivity index (χ3v) is 7.16. The van der Waals surface area contributed by atoms with Gasteiger partial charge in [0.05, 0.1) is 30.4 Å². The molecule has 0 aromatic carbocycles. The molecule has 12 heteroatoms. The third-order valence-electron chi connectivity index (χ3n) is 5.09. The van der Waals surface area contributed by atoms with Crippen molar-refractivity contribution >= 4 is 54.9 Å². The average molecular weight is 457 g/mol. The summed E-state index contributed by atoms with van der Waals surface area (Å²) in [5.41, 5.74) is 0.829. The number of aryl methyl sites for hydroxylation is 2. The molecule has 5 aromatic heterocycles. The van der Waals surface area contributed by atoms with Crippen LogP contribution in [-0.2, 0) is 18.3 Å². The Labute approximate surface area is 182 Å². The van der Waals surface area contributed by atoms with E-state index < -0.39 is 5.97 Å². The summed E-state index contributed by atoms with van der Waals surface area (Å²) in [7, 11) is 1.64. The van der Waals surface area contributed by atoms with Crippen molar-refractivity contribution in [3.63, 3.8) is 0 Å². The van der Waals surface area contributed by atoms with Crippen molar-refractivity contribution in [2.24, 2.45) is 7.05 Å². The molecule has 0 aliphatic carbocycles. The van der Waals surface area contributed by atoms with Crippen LogP contribution in [0, 0.1) is 6.92 Å². The Morgan fingerprint density at radius 3 is 2.81 bits per heavy atom. The molecule has 0 radical (unpaired) electrons. The summed E-state index contributed by atoms with van der Waals surface area (Å²) >= 11 is 2.49. The van der Waals surface area contributed by atoms with E-state index in [0.29, 0.717) is 42.5 Å². The summed E-state index contributed by atoms with van der Waals surface area (Å²) in [6.45, 7) is 3.81. The highest BCUT2D eigenvalue weighted by atomic mass is 32.1. The Morgan fingerprint density at radius 1 is 1.23 bits per heavy atom. The molecular weight excluding hydrogens is 440 g/mol. The summed E-state index contributed by atoms with van der Waals surface area (Å²) in [6, 6.07) is 1.83. The number of ether oxygens (including phenoxy) is 1. The Bertz CT molecular complexity index is 1620. The van der Waals surface area contributed by atoms with Crippen molar-refractivity contribution in [3.05, 3.63) is 54.7 Å². The first-order valence-corrected chi connectivity index (χ1v) is 11.1. The van der Waals surface area contributed by atoms with Gasteiger partial charge in [0.15, 0.2) is 5.82 Å². The minimum absolute atomic E-state index is 0.107. The molecule has 0 atom stereocenters. The van der Waals surface area contributed by atoms with Gasteiger partial charge in [-0.25, -0.2) is 9.78 Å². The molecule has 0 amide bonds. The van der Waals surface area contributed by atoms with E-state index in [-0.39, 0.29) is 24.3 Å². The van der Waals surface area contributed by atoms with Gasteiger partial charge in [0, 0.05) is 7.05 Å². The lowest BCUT2D eigenvalue weighted by Gasteiger charge is -2.07. The third kappa shape index (κ3) is 2.82. The van der Waals surface area contributed by atoms with E-state index in [2.05, 4.69) is 15.2 Å². The highest BCUT2D eigenvalue weighted by Gasteiger charge is 2.21. The zero-order chi connectivity index (χ0) is 21.9. The van der Waals surface area contributed by atoms with Gasteiger partial charge in [-0.3, -0.25) is 23.1 Å². The van der Waals surface area contributed by atoms with E-state index >= 15 is 0 Å². The van der Waals surface area contributed by atoms with E-state index in [1.807, 2.05) is 11.4 Å². The topological polar surface area (TPSA) is 113 Å². The molecule has 0 fully saturated rings. The second kappa shape index (κ2) is 7.10. The van der Waals surface area contributed by atoms with Crippen LogP contribution in [0.25, 0.3) is 26.2 Å². The van der Waals surface area contributed by atoms with Crippen LogP contribution in [0.4, 0.5) is 0 Å². The molecule has 0 N–H and O–H groups in total. The SMILES string of the molecule is CCOC(=O)c1sc2ncn(Cc3nnc4n(C)c(=O)c5sccc5n34)c(=O)c2c1C. The molecule has 0 unspecified atom stereocenters. The normalized spacial score (nSPS) is 11.7. The lowest BCUT2D eigenvalue weighted by Crippen LogP contribution is -2.23. The lowest BCUT2D eigenvalue weighted by molar-refractivity contribution is 0.0531. The van der Waals surface area contributed by atoms with Crippen LogP contribution >= 0.6 is 22.7 Å². The van der Waals surface area contributed by atoms with E-state index in [1.165, 1.54) is 26.8 Å². The number of esters is 1. The quantitative estimate of drug-likeness (QED) is 0.380. The number of rotatable bonds is 4. The van der Waals surface area contributed by atoms with Crippen LogP contribution in [0.2, 0.25) is 0 Å². The van der Waals surface area contributed by atoms with Crippen LogP contribution in [0.3, 0.4) is 0 Å². The van der Waals surface area contributed by atoms with Gasteiger partial charge in [-0.05, 0) is 30.9 Å². The summed E-state index contributed by atoms with van der Waals surface area (Å²) < 4.78 is 10.3. The van der Waals surface area contributed by atoms with Crippen molar-refractivity contribution in [2.45, 2.75) is 20.4 Å². The fraction of sp³-hybridized carbons (Fsp3) is 0.263. The Hall–Kier alpha value is -3.38. The molecule has 0 saturated heterocycles. The predicted molar refractivity (Wildman–Crippen MR) is 117 cm³/mol. The van der Waals surface area contributed by atoms with E-state index in [1.54, 1.807) is 25.3 Å². The second-order valence-corrected chi connectivity index (χ2v) is 8.80. The highest BCUT2D eigenvalue weighted by Crippen LogP contribution is 2.27. The molecule has 0 aliphatic heterocycles. The van der Waals surface area contributed by atoms with Crippen molar-refractivity contribution in [1.29, 1.82) is 0 Å². The molecule has 158 valence electrons. The Kier molecular flexibility index (Phi) is 4.48. The molecule has 5 heterocycles. The number of aromatic nitrogens is 6. The van der Waals surface area contributed by atoms with Gasteiger partial charge < -0.3 is 4.74 Å². The maximum Gasteiger partial charge on any atom is 0.348 e. The molecule has 31 heavy (non-hydrogen) atoms. The van der Waals surface area contributed by atoms with Gasteiger partial charge in [0.25, 0.3) is 11.1 Å². The molecule has 10 nitrogen and oxygen atoms in total. The number of nitrogens with zero attached hydrogens (tertiary/aromatic N) is 6. The minimum Gasteiger partial charge on any atom is -0.462 e. The van der Waals surface area contributed by atoms with Crippen molar-refractivity contribution in [1.82, 2.24) is 28.7 Å². The number of hydrogen-bond acceptors (Lipinski definition) is 9. The summed E-state index contributed by atoms with van der Waals surface area (Å²) in [5.74, 6) is 0.429.